The molecule has 0 N–H and O–H groups in total. The van der Waals surface area contributed by atoms with Gasteiger partial charge in [0.1, 0.15) is 4.60 Å². The largest absolute Gasteiger partial charge is 0.303 e. The molecule has 0 saturated carbocycles. The standard InChI is InChI=1S/C10H6BrN3S/c11-9-10-12-2-3-14(10)5-8(13-9)7-1-4-15-6-7/h1-6H. The highest BCUT2D eigenvalue weighted by molar-refractivity contribution is 9.10. The van der Waals surface area contributed by atoms with Crippen LogP contribution in [0.3, 0.4) is 0 Å². The van der Waals surface area contributed by atoms with Gasteiger partial charge in [-0.05, 0) is 27.4 Å². The number of hydrogen-bond acceptors (Lipinski definition) is 3. The minimum Gasteiger partial charge on any atom is -0.303 e. The van der Waals surface area contributed by atoms with Crippen molar-refractivity contribution >= 4 is 32.9 Å². The topological polar surface area (TPSA) is 30.2 Å². The Morgan fingerprint density at radius 2 is 2.33 bits per heavy atom. The normalized spacial score (nSPS) is 11.0. The molecule has 3 rings (SSSR count). The van der Waals surface area contributed by atoms with E-state index in [9.17, 15) is 0 Å². The maximum atomic E-state index is 4.46. The molecule has 0 saturated heterocycles. The third-order valence-corrected chi connectivity index (χ3v) is 3.37. The Bertz CT molecular complexity index is 600. The number of hydrogen-bond donors (Lipinski definition) is 0. The van der Waals surface area contributed by atoms with E-state index in [1.165, 1.54) is 0 Å². The molecule has 0 unspecified atom stereocenters. The van der Waals surface area contributed by atoms with E-state index in [2.05, 4.69) is 37.3 Å². The van der Waals surface area contributed by atoms with Gasteiger partial charge in [-0.15, -0.1) is 0 Å². The highest BCUT2D eigenvalue weighted by atomic mass is 79.9. The number of rotatable bonds is 1. The van der Waals surface area contributed by atoms with Crippen LogP contribution in [-0.2, 0) is 0 Å². The summed E-state index contributed by atoms with van der Waals surface area (Å²) in [4.78, 5) is 8.65. The lowest BCUT2D eigenvalue weighted by Crippen LogP contribution is -1.91. The second-order valence-electron chi connectivity index (χ2n) is 3.09. The summed E-state index contributed by atoms with van der Waals surface area (Å²) in [6, 6.07) is 2.06. The number of thiophene rings is 1. The van der Waals surface area contributed by atoms with Gasteiger partial charge in [-0.1, -0.05) is 0 Å². The number of fused-ring (bicyclic) bond motifs is 1. The Morgan fingerprint density at radius 1 is 1.40 bits per heavy atom. The van der Waals surface area contributed by atoms with Crippen LogP contribution in [-0.4, -0.2) is 14.4 Å². The Hall–Kier alpha value is -1.20. The molecule has 0 radical (unpaired) electrons. The van der Waals surface area contributed by atoms with E-state index in [-0.39, 0.29) is 0 Å². The summed E-state index contributed by atoms with van der Waals surface area (Å²) in [5.74, 6) is 0. The summed E-state index contributed by atoms with van der Waals surface area (Å²) < 4.78 is 2.74. The zero-order valence-corrected chi connectivity index (χ0v) is 9.99. The Labute approximate surface area is 98.6 Å². The molecule has 5 heteroatoms. The zero-order valence-electron chi connectivity index (χ0n) is 7.59. The van der Waals surface area contributed by atoms with Crippen molar-refractivity contribution in [1.82, 2.24) is 14.4 Å². The first-order valence-corrected chi connectivity index (χ1v) is 6.10. The van der Waals surface area contributed by atoms with Crippen molar-refractivity contribution in [3.8, 4) is 11.3 Å². The van der Waals surface area contributed by atoms with E-state index in [1.54, 1.807) is 17.5 Å². The van der Waals surface area contributed by atoms with E-state index in [0.29, 0.717) is 0 Å². The van der Waals surface area contributed by atoms with Crippen molar-refractivity contribution < 1.29 is 0 Å². The molecule has 74 valence electrons. The van der Waals surface area contributed by atoms with E-state index in [4.69, 9.17) is 0 Å². The van der Waals surface area contributed by atoms with Crippen LogP contribution in [0, 0.1) is 0 Å². The third kappa shape index (κ3) is 1.48. The number of nitrogens with zero attached hydrogens (tertiary/aromatic N) is 3. The lowest BCUT2D eigenvalue weighted by atomic mass is 10.2. The fourth-order valence-corrected chi connectivity index (χ4v) is 2.59. The van der Waals surface area contributed by atoms with Crippen molar-refractivity contribution in [1.29, 1.82) is 0 Å². The molecule has 3 heterocycles. The molecule has 0 fully saturated rings. The SMILES string of the molecule is Brc1nc(-c2ccsc2)cn2ccnc12. The molecule has 3 aromatic heterocycles. The minimum atomic E-state index is 0.774. The predicted octanol–water partition coefficient (Wildman–Crippen LogP) is 3.22. The van der Waals surface area contributed by atoms with Gasteiger partial charge in [0, 0.05) is 29.5 Å². The Morgan fingerprint density at radius 3 is 3.13 bits per heavy atom. The van der Waals surface area contributed by atoms with Crippen LogP contribution < -0.4 is 0 Å². The first-order valence-electron chi connectivity index (χ1n) is 4.36. The van der Waals surface area contributed by atoms with E-state index in [1.807, 2.05) is 22.2 Å². The van der Waals surface area contributed by atoms with Crippen molar-refractivity contribution in [2.75, 3.05) is 0 Å². The van der Waals surface area contributed by atoms with Gasteiger partial charge in [0.25, 0.3) is 0 Å². The van der Waals surface area contributed by atoms with Crippen LogP contribution in [0.15, 0.2) is 40.0 Å². The molecule has 0 spiro atoms. The lowest BCUT2D eigenvalue weighted by molar-refractivity contribution is 1.11. The quantitative estimate of drug-likeness (QED) is 0.685. The van der Waals surface area contributed by atoms with Gasteiger partial charge in [-0.25, -0.2) is 9.97 Å². The first kappa shape index (κ1) is 9.06. The summed E-state index contributed by atoms with van der Waals surface area (Å²) >= 11 is 5.09. The summed E-state index contributed by atoms with van der Waals surface area (Å²) in [7, 11) is 0. The van der Waals surface area contributed by atoms with Gasteiger partial charge in [0.2, 0.25) is 0 Å². The van der Waals surface area contributed by atoms with Crippen molar-refractivity contribution in [3.05, 3.63) is 40.0 Å². The van der Waals surface area contributed by atoms with E-state index >= 15 is 0 Å². The van der Waals surface area contributed by atoms with Gasteiger partial charge < -0.3 is 4.40 Å². The van der Waals surface area contributed by atoms with E-state index in [0.717, 1.165) is 21.5 Å². The Kier molecular flexibility index (Phi) is 2.07. The van der Waals surface area contributed by atoms with Crippen LogP contribution in [0.4, 0.5) is 0 Å². The average Bonchev–Trinajstić information content (AvgIpc) is 2.88. The van der Waals surface area contributed by atoms with Gasteiger partial charge in [-0.3, -0.25) is 0 Å². The van der Waals surface area contributed by atoms with Gasteiger partial charge in [0.05, 0.1) is 5.69 Å². The summed E-state index contributed by atoms with van der Waals surface area (Å²) in [5, 5.41) is 4.13. The van der Waals surface area contributed by atoms with E-state index < -0.39 is 0 Å². The third-order valence-electron chi connectivity index (χ3n) is 2.15. The fourth-order valence-electron chi connectivity index (χ4n) is 1.44. The van der Waals surface area contributed by atoms with Crippen LogP contribution in [0.1, 0.15) is 0 Å². The van der Waals surface area contributed by atoms with Gasteiger partial charge in [0.15, 0.2) is 5.65 Å². The summed E-state index contributed by atoms with van der Waals surface area (Å²) in [6.07, 6.45) is 5.66. The minimum absolute atomic E-state index is 0.774. The summed E-state index contributed by atoms with van der Waals surface area (Å²) in [6.45, 7) is 0. The van der Waals surface area contributed by atoms with Crippen LogP contribution in [0.5, 0.6) is 0 Å². The first-order chi connectivity index (χ1) is 7.34. The van der Waals surface area contributed by atoms with Gasteiger partial charge >= 0.3 is 0 Å². The number of imidazole rings is 1. The molecular weight excluding hydrogens is 274 g/mol. The number of halogens is 1. The monoisotopic (exact) mass is 279 g/mol. The van der Waals surface area contributed by atoms with Crippen molar-refractivity contribution in [2.45, 2.75) is 0 Å². The average molecular weight is 280 g/mol. The number of aromatic nitrogens is 3. The Balaban J connectivity index is 2.29. The molecule has 0 aliphatic rings. The van der Waals surface area contributed by atoms with Crippen molar-refractivity contribution in [2.24, 2.45) is 0 Å². The smallest absolute Gasteiger partial charge is 0.170 e. The molecule has 3 nitrogen and oxygen atoms in total. The molecule has 0 aliphatic carbocycles. The highest BCUT2D eigenvalue weighted by Gasteiger charge is 2.06. The maximum Gasteiger partial charge on any atom is 0.170 e. The van der Waals surface area contributed by atoms with Crippen molar-refractivity contribution in [3.63, 3.8) is 0 Å². The summed E-state index contributed by atoms with van der Waals surface area (Å²) in [5.41, 5.74) is 2.93. The molecule has 15 heavy (non-hydrogen) atoms. The lowest BCUT2D eigenvalue weighted by Gasteiger charge is -2.00. The second kappa shape index (κ2) is 3.43. The molecule has 0 atom stereocenters. The maximum absolute atomic E-state index is 4.46. The molecule has 3 aromatic rings. The predicted molar refractivity (Wildman–Crippen MR) is 64.0 cm³/mol. The fraction of sp³-hybridized carbons (Fsp3) is 0. The van der Waals surface area contributed by atoms with Crippen LogP contribution >= 0.6 is 27.3 Å². The molecule has 0 bridgehead atoms. The second-order valence-corrected chi connectivity index (χ2v) is 4.62. The molecule has 0 aromatic carbocycles. The van der Waals surface area contributed by atoms with Crippen LogP contribution in [0.2, 0.25) is 0 Å². The molecule has 0 amide bonds. The molecular formula is C10H6BrN3S. The highest BCUT2D eigenvalue weighted by Crippen LogP contribution is 2.23. The molecule has 0 aliphatic heterocycles. The van der Waals surface area contributed by atoms with Crippen LogP contribution in [0.25, 0.3) is 16.9 Å². The zero-order chi connectivity index (χ0) is 10.3. The van der Waals surface area contributed by atoms with Gasteiger partial charge in [-0.2, -0.15) is 11.3 Å².